The number of hydrogen-bond acceptors (Lipinski definition) is 6. The van der Waals surface area contributed by atoms with Gasteiger partial charge in [-0.3, -0.25) is 9.80 Å². The molecule has 4 aromatic rings. The molecule has 1 saturated heterocycles. The second-order valence-corrected chi connectivity index (χ2v) is 8.30. The molecule has 5 rings (SSSR count). The highest BCUT2D eigenvalue weighted by Crippen LogP contribution is 2.27. The van der Waals surface area contributed by atoms with E-state index >= 15 is 0 Å². The minimum Gasteiger partial charge on any atom is -0.497 e. The van der Waals surface area contributed by atoms with E-state index in [9.17, 15) is 0 Å². The summed E-state index contributed by atoms with van der Waals surface area (Å²) in [7, 11) is 1.66. The molecule has 6 heteroatoms. The van der Waals surface area contributed by atoms with Gasteiger partial charge in [0.25, 0.3) is 0 Å². The first-order valence-electron chi connectivity index (χ1n) is 11.1. The van der Waals surface area contributed by atoms with Crippen LogP contribution in [0, 0.1) is 0 Å². The summed E-state index contributed by atoms with van der Waals surface area (Å²) in [5.41, 5.74) is 2.29. The summed E-state index contributed by atoms with van der Waals surface area (Å²) in [6, 6.07) is 23.0. The Morgan fingerprint density at radius 1 is 0.906 bits per heavy atom. The lowest BCUT2D eigenvalue weighted by molar-refractivity contribution is 0.0878. The van der Waals surface area contributed by atoms with Gasteiger partial charge in [-0.05, 0) is 47.5 Å². The molecule has 1 aliphatic heterocycles. The van der Waals surface area contributed by atoms with Crippen molar-refractivity contribution in [3.8, 4) is 17.2 Å². The number of nitrogens with zero attached hydrogens (tertiary/aromatic N) is 4. The van der Waals surface area contributed by atoms with Gasteiger partial charge in [-0.2, -0.15) is 0 Å². The first kappa shape index (κ1) is 20.7. The molecule has 0 radical (unpaired) electrons. The van der Waals surface area contributed by atoms with Gasteiger partial charge < -0.3 is 9.15 Å². The molecule has 1 aliphatic rings. The summed E-state index contributed by atoms with van der Waals surface area (Å²) in [5.74, 6) is 2.02. The predicted molar refractivity (Wildman–Crippen MR) is 125 cm³/mol. The van der Waals surface area contributed by atoms with Crippen molar-refractivity contribution in [1.82, 2.24) is 20.0 Å². The van der Waals surface area contributed by atoms with Gasteiger partial charge in [-0.1, -0.05) is 42.5 Å². The van der Waals surface area contributed by atoms with Gasteiger partial charge in [-0.25, -0.2) is 0 Å². The van der Waals surface area contributed by atoms with E-state index in [2.05, 4.69) is 69.4 Å². The van der Waals surface area contributed by atoms with Crippen LogP contribution in [0.4, 0.5) is 0 Å². The lowest BCUT2D eigenvalue weighted by Crippen LogP contribution is -2.46. The summed E-state index contributed by atoms with van der Waals surface area (Å²) in [4.78, 5) is 4.95. The fourth-order valence-electron chi connectivity index (χ4n) is 4.39. The number of fused-ring (bicyclic) bond motifs is 1. The van der Waals surface area contributed by atoms with E-state index in [4.69, 9.17) is 9.15 Å². The maximum atomic E-state index is 6.01. The second-order valence-electron chi connectivity index (χ2n) is 8.30. The van der Waals surface area contributed by atoms with Crippen molar-refractivity contribution in [2.24, 2.45) is 0 Å². The number of ether oxygens (including phenoxy) is 1. The molecule has 0 aliphatic carbocycles. The van der Waals surface area contributed by atoms with E-state index in [0.717, 1.165) is 44.0 Å². The van der Waals surface area contributed by atoms with Gasteiger partial charge in [0, 0.05) is 38.3 Å². The summed E-state index contributed by atoms with van der Waals surface area (Å²) in [5, 5.41) is 11.2. The highest BCUT2D eigenvalue weighted by Gasteiger charge is 2.26. The van der Waals surface area contributed by atoms with Crippen LogP contribution in [-0.2, 0) is 6.54 Å². The van der Waals surface area contributed by atoms with E-state index in [1.807, 2.05) is 24.3 Å². The average molecular weight is 429 g/mol. The summed E-state index contributed by atoms with van der Waals surface area (Å²) in [6.07, 6.45) is 0. The minimum atomic E-state index is 0.0919. The zero-order chi connectivity index (χ0) is 21.9. The van der Waals surface area contributed by atoms with E-state index in [1.54, 1.807) is 7.11 Å². The van der Waals surface area contributed by atoms with Gasteiger partial charge in [0.15, 0.2) is 0 Å². The van der Waals surface area contributed by atoms with Gasteiger partial charge in [0.1, 0.15) is 5.75 Å². The lowest BCUT2D eigenvalue weighted by Gasteiger charge is -2.37. The van der Waals surface area contributed by atoms with Crippen LogP contribution in [0.2, 0.25) is 0 Å². The summed E-state index contributed by atoms with van der Waals surface area (Å²) < 4.78 is 11.2. The van der Waals surface area contributed by atoms with Crippen LogP contribution in [0.15, 0.2) is 71.1 Å². The minimum absolute atomic E-state index is 0.0919. The molecule has 1 atom stereocenters. The Bertz CT molecular complexity index is 1170. The van der Waals surface area contributed by atoms with Gasteiger partial charge in [0.2, 0.25) is 11.8 Å². The molecular weight excluding hydrogens is 400 g/mol. The molecule has 0 amide bonds. The number of hydrogen-bond donors (Lipinski definition) is 0. The van der Waals surface area contributed by atoms with Crippen LogP contribution in [0.3, 0.4) is 0 Å². The van der Waals surface area contributed by atoms with Crippen LogP contribution < -0.4 is 4.74 Å². The van der Waals surface area contributed by atoms with Crippen molar-refractivity contribution in [3.63, 3.8) is 0 Å². The number of methoxy groups -OCH3 is 1. The number of aromatic nitrogens is 2. The Morgan fingerprint density at radius 3 is 2.44 bits per heavy atom. The topological polar surface area (TPSA) is 54.6 Å². The molecule has 164 valence electrons. The first-order valence-corrected chi connectivity index (χ1v) is 11.1. The SMILES string of the molecule is COc1ccc(-c2nnc(C(C)N3CCN(Cc4cccc5ccccc45)CC3)o2)cc1. The van der Waals surface area contributed by atoms with Crippen molar-refractivity contribution in [2.45, 2.75) is 19.5 Å². The number of rotatable bonds is 6. The molecular formula is C26H28N4O2. The fourth-order valence-corrected chi connectivity index (χ4v) is 4.39. The molecule has 6 nitrogen and oxygen atoms in total. The van der Waals surface area contributed by atoms with E-state index in [0.29, 0.717) is 11.8 Å². The van der Waals surface area contributed by atoms with Crippen LogP contribution >= 0.6 is 0 Å². The predicted octanol–water partition coefficient (Wildman–Crippen LogP) is 4.78. The third-order valence-corrected chi connectivity index (χ3v) is 6.36. The number of benzene rings is 3. The van der Waals surface area contributed by atoms with Crippen molar-refractivity contribution >= 4 is 10.8 Å². The Hall–Kier alpha value is -3.22. The molecule has 1 aromatic heterocycles. The molecule has 2 heterocycles. The molecule has 0 spiro atoms. The maximum absolute atomic E-state index is 6.01. The maximum Gasteiger partial charge on any atom is 0.247 e. The Labute approximate surface area is 188 Å². The first-order chi connectivity index (χ1) is 15.7. The van der Waals surface area contributed by atoms with Crippen molar-refractivity contribution in [2.75, 3.05) is 33.3 Å². The zero-order valence-corrected chi connectivity index (χ0v) is 18.6. The fraction of sp³-hybridized carbons (Fsp3) is 0.308. The van der Waals surface area contributed by atoms with Crippen LogP contribution in [0.1, 0.15) is 24.4 Å². The van der Waals surface area contributed by atoms with E-state index < -0.39 is 0 Å². The smallest absolute Gasteiger partial charge is 0.247 e. The molecule has 0 saturated carbocycles. The quantitative estimate of drug-likeness (QED) is 0.441. The largest absolute Gasteiger partial charge is 0.497 e. The van der Waals surface area contributed by atoms with Crippen LogP contribution in [0.5, 0.6) is 5.75 Å². The van der Waals surface area contributed by atoms with Crippen molar-refractivity contribution in [3.05, 3.63) is 78.2 Å². The van der Waals surface area contributed by atoms with Crippen molar-refractivity contribution in [1.29, 1.82) is 0 Å². The monoisotopic (exact) mass is 428 g/mol. The van der Waals surface area contributed by atoms with E-state index in [1.165, 1.54) is 16.3 Å². The van der Waals surface area contributed by atoms with Crippen LogP contribution in [-0.4, -0.2) is 53.3 Å². The molecule has 0 N–H and O–H groups in total. The average Bonchev–Trinajstić information content (AvgIpc) is 3.35. The second kappa shape index (κ2) is 9.10. The Kier molecular flexibility index (Phi) is 5.88. The molecule has 1 fully saturated rings. The third-order valence-electron chi connectivity index (χ3n) is 6.36. The number of piperazine rings is 1. The third kappa shape index (κ3) is 4.24. The zero-order valence-electron chi connectivity index (χ0n) is 18.6. The Morgan fingerprint density at radius 2 is 1.66 bits per heavy atom. The summed E-state index contributed by atoms with van der Waals surface area (Å²) >= 11 is 0. The van der Waals surface area contributed by atoms with Gasteiger partial charge >= 0.3 is 0 Å². The molecule has 32 heavy (non-hydrogen) atoms. The summed E-state index contributed by atoms with van der Waals surface area (Å²) in [6.45, 7) is 7.12. The van der Waals surface area contributed by atoms with Crippen molar-refractivity contribution < 1.29 is 9.15 Å². The molecule has 0 bridgehead atoms. The highest BCUT2D eigenvalue weighted by molar-refractivity contribution is 5.85. The normalized spacial score (nSPS) is 16.3. The lowest BCUT2D eigenvalue weighted by atomic mass is 10.0. The Balaban J connectivity index is 1.21. The van der Waals surface area contributed by atoms with Gasteiger partial charge in [-0.15, -0.1) is 10.2 Å². The van der Waals surface area contributed by atoms with E-state index in [-0.39, 0.29) is 6.04 Å². The van der Waals surface area contributed by atoms with Crippen LogP contribution in [0.25, 0.3) is 22.2 Å². The standard InChI is InChI=1S/C26H28N4O2/c1-19(25-27-28-26(32-25)21-10-12-23(31-2)13-11-21)30-16-14-29(15-17-30)18-22-8-5-7-20-6-3-4-9-24(20)22/h3-13,19H,14-18H2,1-2H3. The highest BCUT2D eigenvalue weighted by atomic mass is 16.5. The molecule has 3 aromatic carbocycles. The molecule has 1 unspecified atom stereocenters. The van der Waals surface area contributed by atoms with Gasteiger partial charge in [0.05, 0.1) is 13.2 Å².